The summed E-state index contributed by atoms with van der Waals surface area (Å²) >= 11 is 2.52. The number of fused-ring (bicyclic) bond motifs is 1. The molecule has 2 atom stereocenters. The maximum atomic E-state index is 12.1. The summed E-state index contributed by atoms with van der Waals surface area (Å²) < 4.78 is 22.3. The Balaban J connectivity index is 1.94. The molecule has 0 radical (unpaired) electrons. The number of aryl methyl sites for hydroxylation is 1. The Morgan fingerprint density at radius 1 is 1.23 bits per heavy atom. The zero-order valence-electron chi connectivity index (χ0n) is 19.2. The zero-order valence-corrected chi connectivity index (χ0v) is 21.6. The minimum atomic E-state index is -1.06. The predicted molar refractivity (Wildman–Crippen MR) is 131 cm³/mol. The lowest BCUT2D eigenvalue weighted by atomic mass is 10.0. The van der Waals surface area contributed by atoms with Crippen LogP contribution < -0.4 is 14.4 Å². The van der Waals surface area contributed by atoms with Gasteiger partial charge in [0.1, 0.15) is 29.2 Å². The van der Waals surface area contributed by atoms with E-state index in [1.165, 1.54) is 5.56 Å². The number of aromatic nitrogens is 2. The van der Waals surface area contributed by atoms with Gasteiger partial charge in [0.15, 0.2) is 0 Å². The first-order chi connectivity index (χ1) is 14.7. The highest BCUT2D eigenvalue weighted by Crippen LogP contribution is 2.34. The number of nitrogens with zero attached hydrogens (tertiary/aromatic N) is 3. The first-order valence-corrected chi connectivity index (χ1v) is 12.9. The molecule has 2 aromatic rings. The van der Waals surface area contributed by atoms with E-state index in [-0.39, 0.29) is 11.2 Å². The number of anilines is 1. The Labute approximate surface area is 197 Å². The topological polar surface area (TPSA) is 73.3 Å². The molecule has 1 aliphatic rings. The van der Waals surface area contributed by atoms with Crippen LogP contribution in [0.5, 0.6) is 5.75 Å². The molecule has 31 heavy (non-hydrogen) atoms. The molecule has 0 fully saturated rings. The molecule has 0 saturated carbocycles. The summed E-state index contributed by atoms with van der Waals surface area (Å²) in [5, 5.41) is 0.0743. The average molecular weight is 510 g/mol. The van der Waals surface area contributed by atoms with E-state index < -0.39 is 11.4 Å². The van der Waals surface area contributed by atoms with Crippen LogP contribution in [0, 0.1) is 6.92 Å². The number of hydrogen-bond donors (Lipinski definition) is 1. The van der Waals surface area contributed by atoms with E-state index in [2.05, 4.69) is 59.3 Å². The Kier molecular flexibility index (Phi) is 8.24. The van der Waals surface area contributed by atoms with Crippen LogP contribution in [-0.2, 0) is 17.9 Å². The molecule has 0 spiro atoms. The van der Waals surface area contributed by atoms with Gasteiger partial charge in [0, 0.05) is 45.1 Å². The quantitative estimate of drug-likeness (QED) is 0.539. The maximum absolute atomic E-state index is 12.1. The fourth-order valence-corrected chi connectivity index (χ4v) is 4.89. The first kappa shape index (κ1) is 24.3. The molecule has 0 saturated heterocycles. The summed E-state index contributed by atoms with van der Waals surface area (Å²) in [6, 6.07) is 6.15. The van der Waals surface area contributed by atoms with Crippen molar-refractivity contribution in [1.29, 1.82) is 0 Å². The normalized spacial score (nSPS) is 16.1. The second-order valence-corrected chi connectivity index (χ2v) is 11.4. The van der Waals surface area contributed by atoms with E-state index in [1.807, 2.05) is 26.0 Å². The van der Waals surface area contributed by atoms with Gasteiger partial charge in [-0.2, -0.15) is 0 Å². The molecule has 8 heteroatoms. The molecule has 2 heterocycles. The number of nitrogens with one attached hydrogen (secondary N) is 1. The summed E-state index contributed by atoms with van der Waals surface area (Å²) in [4.78, 5) is 12.2. The van der Waals surface area contributed by atoms with Crippen LogP contribution in [-0.4, -0.2) is 39.5 Å². The number of hydrogen-bond acceptors (Lipinski definition) is 6. The van der Waals surface area contributed by atoms with Crippen LogP contribution >= 0.6 is 15.9 Å². The smallest absolute Gasteiger partial charge is 0.136 e. The fraction of sp³-hybridized carbons (Fsp3) is 0.565. The predicted octanol–water partition coefficient (Wildman–Crippen LogP) is 4.84. The van der Waals surface area contributed by atoms with E-state index in [1.54, 1.807) is 0 Å². The van der Waals surface area contributed by atoms with Crippen LogP contribution in [0.3, 0.4) is 0 Å². The van der Waals surface area contributed by atoms with Crippen LogP contribution in [0.4, 0.5) is 5.82 Å². The Bertz CT molecular complexity index is 909. The molecule has 1 N–H and O–H groups in total. The second-order valence-electron chi connectivity index (χ2n) is 8.68. The zero-order chi connectivity index (χ0) is 22.7. The van der Waals surface area contributed by atoms with Crippen molar-refractivity contribution in [2.24, 2.45) is 0 Å². The molecule has 1 unspecified atom stereocenters. The maximum Gasteiger partial charge on any atom is 0.136 e. The van der Waals surface area contributed by atoms with Crippen molar-refractivity contribution in [3.63, 3.8) is 0 Å². The van der Waals surface area contributed by atoms with Gasteiger partial charge in [-0.1, -0.05) is 36.7 Å². The lowest BCUT2D eigenvalue weighted by Gasteiger charge is -2.27. The van der Waals surface area contributed by atoms with Gasteiger partial charge in [-0.25, -0.2) is 9.97 Å². The minimum Gasteiger partial charge on any atom is -0.598 e. The summed E-state index contributed by atoms with van der Waals surface area (Å²) in [6.07, 6.45) is 0. The molecule has 0 bridgehead atoms. The lowest BCUT2D eigenvalue weighted by Crippen LogP contribution is -2.34. The molecule has 170 valence electrons. The van der Waals surface area contributed by atoms with Gasteiger partial charge >= 0.3 is 0 Å². The number of benzene rings is 1. The highest BCUT2D eigenvalue weighted by atomic mass is 79.9. The van der Waals surface area contributed by atoms with Crippen molar-refractivity contribution in [1.82, 2.24) is 14.7 Å². The van der Waals surface area contributed by atoms with Crippen LogP contribution in [0.2, 0.25) is 0 Å². The van der Waals surface area contributed by atoms with Crippen molar-refractivity contribution < 1.29 is 9.29 Å². The molecular weight excluding hydrogens is 476 g/mol. The van der Waals surface area contributed by atoms with Gasteiger partial charge in [-0.15, -0.1) is 4.72 Å². The van der Waals surface area contributed by atoms with E-state index in [0.29, 0.717) is 19.1 Å². The van der Waals surface area contributed by atoms with E-state index in [9.17, 15) is 4.55 Å². The Morgan fingerprint density at radius 3 is 2.65 bits per heavy atom. The third-order valence-electron chi connectivity index (χ3n) is 5.41. The summed E-state index contributed by atoms with van der Waals surface area (Å²) in [5.41, 5.74) is 3.32. The molecule has 6 nitrogen and oxygen atoms in total. The molecule has 1 aromatic heterocycles. The molecule has 3 rings (SSSR count). The molecular formula is C23H33BrN4O2S. The van der Waals surface area contributed by atoms with Crippen molar-refractivity contribution in [2.75, 3.05) is 24.6 Å². The standard InChI is InChI=1S/C23H33BrN4O2S/c1-14(2)21-17(6)26-22(16(5)12-25-31(29)15(3)4)27-23(21)28-9-10-30-20-8-7-19(24)11-18(20)13-28/h7-8,11,14-16,25H,9-10,12-13H2,1-6H3/t16-,31?/m0/s1. The third-order valence-corrected chi connectivity index (χ3v) is 7.21. The first-order valence-electron chi connectivity index (χ1n) is 10.9. The minimum absolute atomic E-state index is 0.0472. The van der Waals surface area contributed by atoms with Crippen LogP contribution in [0.1, 0.15) is 69.1 Å². The fourth-order valence-electron chi connectivity index (χ4n) is 3.73. The number of halogens is 1. The largest absolute Gasteiger partial charge is 0.598 e. The molecule has 0 aliphatic carbocycles. The second kappa shape index (κ2) is 10.5. The van der Waals surface area contributed by atoms with Gasteiger partial charge in [0.25, 0.3) is 0 Å². The molecule has 0 amide bonds. The average Bonchev–Trinajstić information content (AvgIpc) is 2.92. The SMILES string of the molecule is Cc1nc([C@@H](C)CN[S+]([O-])C(C)C)nc(N2CCOc3ccc(Br)cc3C2)c1C(C)C. The Morgan fingerprint density at radius 2 is 1.97 bits per heavy atom. The molecule has 1 aliphatic heterocycles. The monoisotopic (exact) mass is 508 g/mol. The number of rotatable bonds is 7. The van der Waals surface area contributed by atoms with Crippen molar-refractivity contribution in [2.45, 2.75) is 65.2 Å². The van der Waals surface area contributed by atoms with Gasteiger partial charge < -0.3 is 14.2 Å². The van der Waals surface area contributed by atoms with Gasteiger partial charge in [0.2, 0.25) is 0 Å². The van der Waals surface area contributed by atoms with Gasteiger partial charge in [-0.05, 0) is 44.9 Å². The molecule has 1 aromatic carbocycles. The summed E-state index contributed by atoms with van der Waals surface area (Å²) in [5.74, 6) is 3.04. The van der Waals surface area contributed by atoms with Crippen molar-refractivity contribution >= 4 is 33.1 Å². The number of ether oxygens (including phenoxy) is 1. The lowest BCUT2D eigenvalue weighted by molar-refractivity contribution is 0.331. The summed E-state index contributed by atoms with van der Waals surface area (Å²) in [6.45, 7) is 15.1. The highest BCUT2D eigenvalue weighted by molar-refractivity contribution is 9.10. The van der Waals surface area contributed by atoms with Gasteiger partial charge in [0.05, 0.1) is 13.1 Å². The van der Waals surface area contributed by atoms with Crippen LogP contribution in [0.15, 0.2) is 22.7 Å². The van der Waals surface area contributed by atoms with E-state index in [0.717, 1.165) is 46.2 Å². The van der Waals surface area contributed by atoms with Crippen molar-refractivity contribution in [3.8, 4) is 5.75 Å². The van der Waals surface area contributed by atoms with Crippen LogP contribution in [0.25, 0.3) is 0 Å². The van der Waals surface area contributed by atoms with Gasteiger partial charge in [-0.3, -0.25) is 0 Å². The summed E-state index contributed by atoms with van der Waals surface area (Å²) in [7, 11) is 0. The van der Waals surface area contributed by atoms with E-state index in [4.69, 9.17) is 14.7 Å². The third kappa shape index (κ3) is 5.92. The Hall–Kier alpha value is -1.35. The van der Waals surface area contributed by atoms with Crippen molar-refractivity contribution in [3.05, 3.63) is 45.3 Å². The van der Waals surface area contributed by atoms with E-state index >= 15 is 0 Å². The highest BCUT2D eigenvalue weighted by Gasteiger charge is 2.25.